The van der Waals surface area contributed by atoms with Gasteiger partial charge in [0.25, 0.3) is 5.69 Å². The minimum absolute atomic E-state index is 0.158. The Morgan fingerprint density at radius 3 is 2.79 bits per heavy atom. The highest BCUT2D eigenvalue weighted by atomic mass is 16.6. The van der Waals surface area contributed by atoms with Crippen molar-refractivity contribution in [2.75, 3.05) is 0 Å². The molecule has 2 aliphatic rings. The van der Waals surface area contributed by atoms with Gasteiger partial charge in [-0.1, -0.05) is 30.4 Å². The van der Waals surface area contributed by atoms with Gasteiger partial charge in [0.2, 0.25) is 0 Å². The van der Waals surface area contributed by atoms with Crippen molar-refractivity contribution in [3.8, 4) is 0 Å². The highest BCUT2D eigenvalue weighted by Gasteiger charge is 2.29. The van der Waals surface area contributed by atoms with E-state index in [1.54, 1.807) is 18.2 Å². The van der Waals surface area contributed by atoms with Crippen LogP contribution in [0.2, 0.25) is 0 Å². The standard InChI is InChI=1S/C20H18N2O2/c23-22(24)17-8-5-7-16(12-17)20-14-18(21-10-3-4-11-21)13-15-6-1-2-9-19(15)20/h1,3-8,10-14,19-20H,2,9H2. The molecule has 0 fully saturated rings. The number of non-ortho nitro benzene ring substituents is 1. The molecule has 0 bridgehead atoms. The molecule has 1 heterocycles. The monoisotopic (exact) mass is 318 g/mol. The molecule has 0 aliphatic heterocycles. The van der Waals surface area contributed by atoms with Gasteiger partial charge in [-0.15, -0.1) is 0 Å². The van der Waals surface area contributed by atoms with Crippen LogP contribution >= 0.6 is 0 Å². The minimum Gasteiger partial charge on any atom is -0.324 e. The Morgan fingerprint density at radius 2 is 2.00 bits per heavy atom. The molecule has 4 heteroatoms. The highest BCUT2D eigenvalue weighted by molar-refractivity contribution is 5.65. The summed E-state index contributed by atoms with van der Waals surface area (Å²) in [5.41, 5.74) is 3.60. The van der Waals surface area contributed by atoms with E-state index in [1.165, 1.54) is 5.57 Å². The first kappa shape index (κ1) is 14.7. The van der Waals surface area contributed by atoms with Gasteiger partial charge in [-0.05, 0) is 48.1 Å². The quantitative estimate of drug-likeness (QED) is 0.595. The smallest absolute Gasteiger partial charge is 0.269 e. The lowest BCUT2D eigenvalue weighted by molar-refractivity contribution is -0.384. The lowest BCUT2D eigenvalue weighted by Gasteiger charge is -2.32. The summed E-state index contributed by atoms with van der Waals surface area (Å²) in [6, 6.07) is 11.1. The predicted octanol–water partition coefficient (Wildman–Crippen LogP) is 4.93. The van der Waals surface area contributed by atoms with Crippen molar-refractivity contribution in [3.05, 3.63) is 94.3 Å². The molecule has 4 rings (SSSR count). The Labute approximate surface area is 140 Å². The summed E-state index contributed by atoms with van der Waals surface area (Å²) in [5.74, 6) is 0.545. The number of aromatic nitrogens is 1. The summed E-state index contributed by atoms with van der Waals surface area (Å²) in [6.07, 6.45) is 15.1. The van der Waals surface area contributed by atoms with Crippen LogP contribution in [0.1, 0.15) is 24.3 Å². The summed E-state index contributed by atoms with van der Waals surface area (Å²) in [7, 11) is 0. The van der Waals surface area contributed by atoms with E-state index >= 15 is 0 Å². The number of nitro groups is 1. The molecule has 1 aromatic carbocycles. The van der Waals surface area contributed by atoms with E-state index in [0.717, 1.165) is 24.1 Å². The third kappa shape index (κ3) is 2.60. The molecule has 0 spiro atoms. The normalized spacial score (nSPS) is 22.5. The van der Waals surface area contributed by atoms with Crippen molar-refractivity contribution in [1.29, 1.82) is 0 Å². The molecule has 0 saturated heterocycles. The fraction of sp³-hybridized carbons (Fsp3) is 0.200. The predicted molar refractivity (Wildman–Crippen MR) is 94.5 cm³/mol. The Balaban J connectivity index is 1.80. The molecule has 2 unspecified atom stereocenters. The topological polar surface area (TPSA) is 48.1 Å². The van der Waals surface area contributed by atoms with Gasteiger partial charge < -0.3 is 4.57 Å². The fourth-order valence-electron chi connectivity index (χ4n) is 3.69. The van der Waals surface area contributed by atoms with Crippen LogP contribution in [0.25, 0.3) is 5.70 Å². The Bertz CT molecular complexity index is 860. The Morgan fingerprint density at radius 1 is 1.17 bits per heavy atom. The summed E-state index contributed by atoms with van der Waals surface area (Å²) < 4.78 is 2.09. The molecule has 2 aliphatic carbocycles. The van der Waals surface area contributed by atoms with Gasteiger partial charge in [0.15, 0.2) is 0 Å². The average molecular weight is 318 g/mol. The molecule has 2 atom stereocenters. The number of rotatable bonds is 3. The molecule has 0 saturated carbocycles. The maximum absolute atomic E-state index is 11.1. The zero-order chi connectivity index (χ0) is 16.5. The number of allylic oxidation sites excluding steroid dienone is 6. The zero-order valence-corrected chi connectivity index (χ0v) is 13.2. The summed E-state index contributed by atoms with van der Waals surface area (Å²) in [6.45, 7) is 0. The first-order valence-corrected chi connectivity index (χ1v) is 8.20. The van der Waals surface area contributed by atoms with Crippen LogP contribution in [-0.4, -0.2) is 9.49 Å². The SMILES string of the molecule is O=[N+]([O-])c1cccc(C2C=C(n3cccc3)C=C3C=CCCC32)c1. The van der Waals surface area contributed by atoms with Crippen LogP contribution in [0.5, 0.6) is 0 Å². The minimum atomic E-state index is -0.319. The molecule has 0 radical (unpaired) electrons. The van der Waals surface area contributed by atoms with Crippen LogP contribution in [0.3, 0.4) is 0 Å². The Hall–Kier alpha value is -2.88. The third-order valence-corrected chi connectivity index (χ3v) is 4.85. The van der Waals surface area contributed by atoms with Gasteiger partial charge in [-0.2, -0.15) is 0 Å². The van der Waals surface area contributed by atoms with Crippen LogP contribution < -0.4 is 0 Å². The van der Waals surface area contributed by atoms with E-state index in [9.17, 15) is 10.1 Å². The van der Waals surface area contributed by atoms with Crippen molar-refractivity contribution in [2.24, 2.45) is 5.92 Å². The van der Waals surface area contributed by atoms with E-state index in [4.69, 9.17) is 0 Å². The van der Waals surface area contributed by atoms with Crippen molar-refractivity contribution in [1.82, 2.24) is 4.57 Å². The van der Waals surface area contributed by atoms with E-state index < -0.39 is 0 Å². The molecule has 24 heavy (non-hydrogen) atoms. The molecule has 1 aromatic heterocycles. The lowest BCUT2D eigenvalue weighted by Crippen LogP contribution is -2.19. The van der Waals surface area contributed by atoms with E-state index in [0.29, 0.717) is 5.92 Å². The Kier molecular flexibility index (Phi) is 3.65. The van der Waals surface area contributed by atoms with Crippen molar-refractivity contribution in [3.63, 3.8) is 0 Å². The number of benzene rings is 1. The van der Waals surface area contributed by atoms with E-state index in [-0.39, 0.29) is 16.5 Å². The van der Waals surface area contributed by atoms with Crippen LogP contribution in [0.4, 0.5) is 5.69 Å². The average Bonchev–Trinajstić information content (AvgIpc) is 3.15. The van der Waals surface area contributed by atoms with Gasteiger partial charge in [-0.3, -0.25) is 10.1 Å². The maximum Gasteiger partial charge on any atom is 0.269 e. The second kappa shape index (κ2) is 5.96. The van der Waals surface area contributed by atoms with Crippen molar-refractivity contribution >= 4 is 11.4 Å². The molecule has 4 nitrogen and oxygen atoms in total. The molecular formula is C20H18N2O2. The molecule has 0 N–H and O–H groups in total. The van der Waals surface area contributed by atoms with Crippen molar-refractivity contribution < 1.29 is 4.92 Å². The van der Waals surface area contributed by atoms with Crippen molar-refractivity contribution in [2.45, 2.75) is 18.8 Å². The van der Waals surface area contributed by atoms with Crippen LogP contribution in [0, 0.1) is 16.0 Å². The summed E-state index contributed by atoms with van der Waals surface area (Å²) in [4.78, 5) is 10.8. The maximum atomic E-state index is 11.1. The first-order valence-electron chi connectivity index (χ1n) is 8.20. The number of fused-ring (bicyclic) bond motifs is 1. The number of nitro benzene ring substituents is 1. The van der Waals surface area contributed by atoms with Gasteiger partial charge in [-0.25, -0.2) is 0 Å². The first-order chi connectivity index (χ1) is 11.7. The van der Waals surface area contributed by atoms with Gasteiger partial charge in [0.05, 0.1) is 4.92 Å². The largest absolute Gasteiger partial charge is 0.324 e. The van der Waals surface area contributed by atoms with Crippen LogP contribution in [0.15, 0.2) is 78.7 Å². The number of nitrogens with zero attached hydrogens (tertiary/aromatic N) is 2. The van der Waals surface area contributed by atoms with Gasteiger partial charge in [0.1, 0.15) is 0 Å². The van der Waals surface area contributed by atoms with Gasteiger partial charge in [0, 0.05) is 36.1 Å². The zero-order valence-electron chi connectivity index (χ0n) is 13.2. The molecule has 120 valence electrons. The second-order valence-electron chi connectivity index (χ2n) is 6.29. The van der Waals surface area contributed by atoms with Crippen LogP contribution in [-0.2, 0) is 0 Å². The van der Waals surface area contributed by atoms with E-state index in [1.807, 2.05) is 30.6 Å². The molecule has 2 aromatic rings. The fourth-order valence-corrected chi connectivity index (χ4v) is 3.69. The molecular weight excluding hydrogens is 300 g/mol. The third-order valence-electron chi connectivity index (χ3n) is 4.85. The summed E-state index contributed by atoms with van der Waals surface area (Å²) >= 11 is 0. The summed E-state index contributed by atoms with van der Waals surface area (Å²) in [5, 5.41) is 11.1. The lowest BCUT2D eigenvalue weighted by atomic mass is 9.73. The van der Waals surface area contributed by atoms with E-state index in [2.05, 4.69) is 28.9 Å². The second-order valence-corrected chi connectivity index (χ2v) is 6.29. The number of hydrogen-bond acceptors (Lipinski definition) is 2. The van der Waals surface area contributed by atoms with Gasteiger partial charge >= 0.3 is 0 Å². The highest BCUT2D eigenvalue weighted by Crippen LogP contribution is 2.43. The molecule has 0 amide bonds. The number of hydrogen-bond donors (Lipinski definition) is 0.